The summed E-state index contributed by atoms with van der Waals surface area (Å²) in [4.78, 5) is 0. The van der Waals surface area contributed by atoms with Crippen LogP contribution in [-0.2, 0) is 12.7 Å². The largest absolute Gasteiger partial charge is 0.497 e. The Labute approximate surface area is 205 Å². The van der Waals surface area contributed by atoms with Crippen molar-refractivity contribution < 1.29 is 32.7 Å². The molecule has 4 aromatic rings. The molecule has 3 N–H and O–H groups in total. The van der Waals surface area contributed by atoms with Gasteiger partial charge >= 0.3 is 13.3 Å². The highest BCUT2D eigenvalue weighted by Gasteiger charge is 2.32. The number of aryl methyl sites for hydroxylation is 1. The lowest BCUT2D eigenvalue weighted by molar-refractivity contribution is -0.137. The predicted molar refractivity (Wildman–Crippen MR) is 131 cm³/mol. The van der Waals surface area contributed by atoms with Gasteiger partial charge in [0, 0.05) is 28.9 Å². The van der Waals surface area contributed by atoms with Crippen LogP contribution in [0.5, 0.6) is 11.5 Å². The summed E-state index contributed by atoms with van der Waals surface area (Å²) in [6, 6.07) is 13.6. The monoisotopic (exact) mass is 497 g/mol. The van der Waals surface area contributed by atoms with Crippen molar-refractivity contribution in [3.63, 3.8) is 0 Å². The lowest BCUT2D eigenvalue weighted by Gasteiger charge is -2.15. The van der Waals surface area contributed by atoms with E-state index in [-0.39, 0.29) is 11.0 Å². The molecule has 36 heavy (non-hydrogen) atoms. The average molecular weight is 497 g/mol. The third kappa shape index (κ3) is 5.22. The van der Waals surface area contributed by atoms with Gasteiger partial charge in [-0.2, -0.15) is 18.3 Å². The van der Waals surface area contributed by atoms with Crippen LogP contribution >= 0.6 is 0 Å². The zero-order chi connectivity index (χ0) is 26.0. The number of methoxy groups -OCH3 is 2. The number of hydrogen-bond acceptors (Lipinski definition) is 7. The fourth-order valence-corrected chi connectivity index (χ4v) is 3.90. The van der Waals surface area contributed by atoms with Crippen molar-refractivity contribution in [1.29, 1.82) is 0 Å². The van der Waals surface area contributed by atoms with E-state index in [9.17, 15) is 23.2 Å². The van der Waals surface area contributed by atoms with Crippen molar-refractivity contribution in [3.8, 4) is 22.6 Å². The van der Waals surface area contributed by atoms with Gasteiger partial charge in [0.2, 0.25) is 0 Å². The molecule has 0 bridgehead atoms. The zero-order valence-corrected chi connectivity index (χ0v) is 19.7. The molecule has 0 aliphatic rings. The number of fused-ring (bicyclic) bond motifs is 1. The summed E-state index contributed by atoms with van der Waals surface area (Å²) in [7, 11) is 1.10. The van der Waals surface area contributed by atoms with Gasteiger partial charge in [-0.05, 0) is 53.8 Å². The van der Waals surface area contributed by atoms with E-state index in [2.05, 4.69) is 15.5 Å². The quantitative estimate of drug-likeness (QED) is 0.333. The highest BCUT2D eigenvalue weighted by Crippen LogP contribution is 2.34. The molecule has 11 heteroatoms. The molecule has 1 aromatic heterocycles. The van der Waals surface area contributed by atoms with E-state index in [0.29, 0.717) is 40.5 Å². The Balaban J connectivity index is 1.72. The van der Waals surface area contributed by atoms with E-state index in [1.54, 1.807) is 45.4 Å². The van der Waals surface area contributed by atoms with E-state index >= 15 is 0 Å². The Bertz CT molecular complexity index is 1410. The Hall–Kier alpha value is -3.83. The van der Waals surface area contributed by atoms with E-state index in [4.69, 9.17) is 9.47 Å². The maximum Gasteiger partial charge on any atom is 0.488 e. The predicted octanol–water partition coefficient (Wildman–Crippen LogP) is 3.93. The minimum atomic E-state index is -4.64. The number of anilines is 1. The maximum atomic E-state index is 13.4. The van der Waals surface area contributed by atoms with Gasteiger partial charge in [-0.15, -0.1) is 5.10 Å². The van der Waals surface area contributed by atoms with Crippen LogP contribution in [0.4, 0.5) is 19.0 Å². The van der Waals surface area contributed by atoms with Crippen molar-refractivity contribution in [3.05, 3.63) is 71.4 Å². The number of aromatic nitrogens is 2. The third-order valence-electron chi connectivity index (χ3n) is 5.82. The van der Waals surface area contributed by atoms with Crippen LogP contribution in [0.25, 0.3) is 21.9 Å². The van der Waals surface area contributed by atoms with Crippen molar-refractivity contribution in [2.24, 2.45) is 0 Å². The van der Waals surface area contributed by atoms with Crippen molar-refractivity contribution in [2.75, 3.05) is 19.5 Å². The van der Waals surface area contributed by atoms with Crippen LogP contribution in [0.2, 0.25) is 0 Å². The van der Waals surface area contributed by atoms with Gasteiger partial charge in [0.05, 0.1) is 25.5 Å². The summed E-state index contributed by atoms with van der Waals surface area (Å²) in [5.74, 6) is 1.80. The summed E-state index contributed by atoms with van der Waals surface area (Å²) in [5, 5.41) is 32.1. The van der Waals surface area contributed by atoms with Crippen LogP contribution in [0, 0.1) is 6.92 Å². The molecule has 0 fully saturated rings. The topological polar surface area (TPSA) is 96.7 Å². The first-order valence-electron chi connectivity index (χ1n) is 10.9. The van der Waals surface area contributed by atoms with E-state index in [1.165, 1.54) is 6.07 Å². The van der Waals surface area contributed by atoms with E-state index < -0.39 is 18.9 Å². The number of hydrogen-bond donors (Lipinski definition) is 3. The standard InChI is InChI=1S/C25H23BF3N3O4/c1-14-22-10-15(17-8-18(25(27,28)29)11-19(9-17)26(33)34)5-7-21(22)24(32-31-14)30-13-16-4-6-20(35-2)12-23(16)36-3/h4-12,33-34H,13H2,1-3H3,(H,30,32). The number of halogens is 3. The van der Waals surface area contributed by atoms with Crippen molar-refractivity contribution in [1.82, 2.24) is 10.2 Å². The minimum absolute atomic E-state index is 0.198. The third-order valence-corrected chi connectivity index (χ3v) is 5.82. The first kappa shape index (κ1) is 25.3. The summed E-state index contributed by atoms with van der Waals surface area (Å²) >= 11 is 0. The van der Waals surface area contributed by atoms with E-state index in [0.717, 1.165) is 23.1 Å². The summed E-state index contributed by atoms with van der Waals surface area (Å²) < 4.78 is 50.9. The van der Waals surface area contributed by atoms with Crippen molar-refractivity contribution >= 4 is 29.2 Å². The molecular weight excluding hydrogens is 474 g/mol. The Kier molecular flexibility index (Phi) is 7.05. The molecule has 0 amide bonds. The van der Waals surface area contributed by atoms with Crippen molar-refractivity contribution in [2.45, 2.75) is 19.6 Å². The molecule has 0 atom stereocenters. The van der Waals surface area contributed by atoms with Crippen LogP contribution in [0.3, 0.4) is 0 Å². The normalized spacial score (nSPS) is 11.4. The molecule has 0 radical (unpaired) electrons. The first-order valence-corrected chi connectivity index (χ1v) is 10.9. The lowest BCUT2D eigenvalue weighted by Crippen LogP contribution is -2.31. The smallest absolute Gasteiger partial charge is 0.488 e. The average Bonchev–Trinajstić information content (AvgIpc) is 2.87. The molecule has 186 valence electrons. The molecule has 3 aromatic carbocycles. The molecule has 0 saturated carbocycles. The molecule has 0 saturated heterocycles. The molecule has 0 unspecified atom stereocenters. The lowest BCUT2D eigenvalue weighted by atomic mass is 9.78. The van der Waals surface area contributed by atoms with Gasteiger partial charge in [-0.25, -0.2) is 0 Å². The Morgan fingerprint density at radius 1 is 0.889 bits per heavy atom. The number of nitrogens with one attached hydrogen (secondary N) is 1. The van der Waals surface area contributed by atoms with Crippen LogP contribution in [-0.4, -0.2) is 41.6 Å². The maximum absolute atomic E-state index is 13.4. The highest BCUT2D eigenvalue weighted by molar-refractivity contribution is 6.58. The summed E-state index contributed by atoms with van der Waals surface area (Å²) in [6.07, 6.45) is -4.64. The molecule has 7 nitrogen and oxygen atoms in total. The fraction of sp³-hybridized carbons (Fsp3) is 0.200. The first-order chi connectivity index (χ1) is 17.1. The highest BCUT2D eigenvalue weighted by atomic mass is 19.4. The number of benzene rings is 3. The van der Waals surface area contributed by atoms with Gasteiger partial charge in [0.1, 0.15) is 11.5 Å². The second kappa shape index (κ2) is 10.0. The summed E-state index contributed by atoms with van der Waals surface area (Å²) in [6.45, 7) is 2.14. The number of rotatable bonds is 7. The molecule has 0 aliphatic carbocycles. The SMILES string of the molecule is COc1ccc(CNc2nnc(C)c3cc(-c4cc(B(O)O)cc(C(F)(F)F)c4)ccc23)c(OC)c1. The van der Waals surface area contributed by atoms with Crippen LogP contribution in [0.1, 0.15) is 16.8 Å². The fourth-order valence-electron chi connectivity index (χ4n) is 3.90. The molecule has 0 aliphatic heterocycles. The Morgan fingerprint density at radius 3 is 2.33 bits per heavy atom. The Morgan fingerprint density at radius 2 is 1.67 bits per heavy atom. The number of nitrogens with zero attached hydrogens (tertiary/aromatic N) is 2. The van der Waals surface area contributed by atoms with Crippen LogP contribution < -0.4 is 20.3 Å². The zero-order valence-electron chi connectivity index (χ0n) is 19.7. The van der Waals surface area contributed by atoms with Gasteiger partial charge < -0.3 is 24.8 Å². The van der Waals surface area contributed by atoms with Gasteiger partial charge in [0.15, 0.2) is 5.82 Å². The second-order valence-corrected chi connectivity index (χ2v) is 8.14. The molecule has 4 rings (SSSR count). The minimum Gasteiger partial charge on any atom is -0.497 e. The van der Waals surface area contributed by atoms with E-state index in [1.807, 2.05) is 12.1 Å². The molecular formula is C25H23BF3N3O4. The number of alkyl halides is 3. The number of ether oxygens (including phenoxy) is 2. The van der Waals surface area contributed by atoms with Gasteiger partial charge in [0.25, 0.3) is 0 Å². The van der Waals surface area contributed by atoms with Crippen LogP contribution in [0.15, 0.2) is 54.6 Å². The van der Waals surface area contributed by atoms with Gasteiger partial charge in [-0.1, -0.05) is 18.2 Å². The molecule has 1 heterocycles. The second-order valence-electron chi connectivity index (χ2n) is 8.14. The summed E-state index contributed by atoms with van der Waals surface area (Å²) in [5.41, 5.74) is 0.903. The molecule has 0 spiro atoms. The van der Waals surface area contributed by atoms with Gasteiger partial charge in [-0.3, -0.25) is 0 Å².